The Bertz CT molecular complexity index is 543. The van der Waals surface area contributed by atoms with Crippen molar-refractivity contribution in [1.82, 2.24) is 9.78 Å². The van der Waals surface area contributed by atoms with E-state index in [1.807, 2.05) is 24.3 Å². The number of hydrogen-bond acceptors (Lipinski definition) is 3. The highest BCUT2D eigenvalue weighted by Gasteiger charge is 2.16. The van der Waals surface area contributed by atoms with E-state index in [0.29, 0.717) is 11.3 Å². The van der Waals surface area contributed by atoms with E-state index < -0.39 is 0 Å². The minimum Gasteiger partial charge on any atom is -0.287 e. The smallest absolute Gasteiger partial charge is 0.212 e. The lowest BCUT2D eigenvalue weighted by Gasteiger charge is -2.04. The molecule has 0 aliphatic heterocycles. The zero-order chi connectivity index (χ0) is 13.1. The molecule has 0 aliphatic carbocycles. The minimum absolute atomic E-state index is 0.0186. The number of carbonyl (C=O) groups excluding carboxylic acids is 1. The van der Waals surface area contributed by atoms with Gasteiger partial charge in [-0.1, -0.05) is 6.92 Å². The lowest BCUT2D eigenvalue weighted by Crippen LogP contribution is -2.08. The Morgan fingerprint density at radius 1 is 1.39 bits per heavy atom. The van der Waals surface area contributed by atoms with Crippen molar-refractivity contribution < 1.29 is 4.79 Å². The molecule has 1 aromatic heterocycles. The normalized spacial score (nSPS) is 10.6. The number of thioether (sulfide) groups is 1. The van der Waals surface area contributed by atoms with E-state index in [2.05, 4.69) is 28.0 Å². The average Bonchev–Trinajstić information content (AvgIpc) is 2.70. The summed E-state index contributed by atoms with van der Waals surface area (Å²) in [5.41, 5.74) is 1.26. The van der Waals surface area contributed by atoms with Crippen LogP contribution in [0.1, 0.15) is 23.0 Å². The number of aryl methyl sites for hydroxylation is 1. The monoisotopic (exact) mass is 324 g/mol. The molecule has 2 rings (SSSR count). The summed E-state index contributed by atoms with van der Waals surface area (Å²) in [4.78, 5) is 13.5. The van der Waals surface area contributed by atoms with Crippen molar-refractivity contribution >= 4 is 33.5 Å². The van der Waals surface area contributed by atoms with Gasteiger partial charge >= 0.3 is 0 Å². The van der Waals surface area contributed by atoms with Gasteiger partial charge in [-0.25, -0.2) is 0 Å². The molecule has 1 heterocycles. The second-order valence-electron chi connectivity index (χ2n) is 3.75. The molecule has 0 spiro atoms. The number of aromatic nitrogens is 2. The van der Waals surface area contributed by atoms with Crippen LogP contribution in [-0.4, -0.2) is 21.3 Å². The summed E-state index contributed by atoms with van der Waals surface area (Å²) in [6, 6.07) is 7.68. The van der Waals surface area contributed by atoms with E-state index >= 15 is 0 Å². The third-order valence-corrected chi connectivity index (χ3v) is 4.01. The summed E-state index contributed by atoms with van der Waals surface area (Å²) < 4.78 is 2.31. The average molecular weight is 325 g/mol. The van der Waals surface area contributed by atoms with Gasteiger partial charge in [0.25, 0.3) is 0 Å². The van der Waals surface area contributed by atoms with Crippen molar-refractivity contribution in [3.8, 4) is 0 Å². The predicted octanol–water partition coefficient (Wildman–Crippen LogP) is 3.53. The molecule has 0 fully saturated rings. The van der Waals surface area contributed by atoms with E-state index in [9.17, 15) is 4.79 Å². The van der Waals surface area contributed by atoms with Gasteiger partial charge in [0, 0.05) is 17.5 Å². The fourth-order valence-electron chi connectivity index (χ4n) is 1.67. The number of hydrogen-bond donors (Lipinski definition) is 0. The molecule has 0 N–H and O–H groups in total. The van der Waals surface area contributed by atoms with Crippen LogP contribution in [0.5, 0.6) is 0 Å². The fraction of sp³-hybridized carbons (Fsp3) is 0.231. The van der Waals surface area contributed by atoms with Crippen LogP contribution in [0.4, 0.5) is 0 Å². The summed E-state index contributed by atoms with van der Waals surface area (Å²) in [6.07, 6.45) is 1.63. The molecule has 0 unspecified atom stereocenters. The first-order chi connectivity index (χ1) is 8.63. The molecule has 3 nitrogen and oxygen atoms in total. The van der Waals surface area contributed by atoms with E-state index in [-0.39, 0.29) is 5.78 Å². The molecule has 5 heteroatoms. The molecule has 0 bridgehead atoms. The Kier molecular flexibility index (Phi) is 4.24. The van der Waals surface area contributed by atoms with Gasteiger partial charge in [0.2, 0.25) is 5.78 Å². The number of nitrogens with zero attached hydrogens (tertiary/aromatic N) is 2. The molecule has 0 atom stereocenters. The standard InChI is InChI=1S/C13H13BrN2OS/c1-3-18-10-6-4-9(5-7-10)13(17)12-11(14)8-15-16(12)2/h4-8H,3H2,1-2H3. The van der Waals surface area contributed by atoms with Crippen LogP contribution in [0.3, 0.4) is 0 Å². The molecule has 0 saturated carbocycles. The highest BCUT2D eigenvalue weighted by atomic mass is 79.9. The number of benzene rings is 1. The largest absolute Gasteiger partial charge is 0.287 e. The van der Waals surface area contributed by atoms with Crippen LogP contribution in [0, 0.1) is 0 Å². The maximum absolute atomic E-state index is 12.3. The second-order valence-corrected chi connectivity index (χ2v) is 5.94. The molecule has 0 aliphatic rings. The van der Waals surface area contributed by atoms with Crippen LogP contribution >= 0.6 is 27.7 Å². The van der Waals surface area contributed by atoms with Crippen LogP contribution in [0.2, 0.25) is 0 Å². The molecule has 0 radical (unpaired) electrons. The van der Waals surface area contributed by atoms with Gasteiger partial charge in [0.1, 0.15) is 5.69 Å². The van der Waals surface area contributed by atoms with Crippen LogP contribution in [0.15, 0.2) is 39.8 Å². The number of carbonyl (C=O) groups is 1. The van der Waals surface area contributed by atoms with Crippen molar-refractivity contribution in [2.24, 2.45) is 7.05 Å². The molecular formula is C13H13BrN2OS. The summed E-state index contributed by atoms with van der Waals surface area (Å²) in [5.74, 6) is 1.01. The van der Waals surface area contributed by atoms with Gasteiger partial charge in [-0.2, -0.15) is 5.10 Å². The van der Waals surface area contributed by atoms with Gasteiger partial charge in [0.05, 0.1) is 10.7 Å². The van der Waals surface area contributed by atoms with E-state index in [1.165, 1.54) is 4.90 Å². The van der Waals surface area contributed by atoms with Gasteiger partial charge in [-0.15, -0.1) is 11.8 Å². The first-order valence-electron chi connectivity index (χ1n) is 5.58. The molecule has 0 saturated heterocycles. The Morgan fingerprint density at radius 2 is 2.06 bits per heavy atom. The maximum atomic E-state index is 12.3. The number of halogens is 1. The van der Waals surface area contributed by atoms with E-state index in [1.54, 1.807) is 29.7 Å². The Hall–Kier alpha value is -1.07. The summed E-state index contributed by atoms with van der Waals surface area (Å²) >= 11 is 5.11. The third kappa shape index (κ3) is 2.67. The van der Waals surface area contributed by atoms with Gasteiger partial charge < -0.3 is 0 Å². The highest BCUT2D eigenvalue weighted by Crippen LogP contribution is 2.22. The van der Waals surface area contributed by atoms with Gasteiger partial charge in [-0.05, 0) is 45.9 Å². The molecule has 94 valence electrons. The van der Waals surface area contributed by atoms with Crippen molar-refractivity contribution in [1.29, 1.82) is 0 Å². The molecule has 2 aromatic rings. The molecule has 18 heavy (non-hydrogen) atoms. The lowest BCUT2D eigenvalue weighted by molar-refractivity contribution is 0.102. The Morgan fingerprint density at radius 3 is 2.56 bits per heavy atom. The minimum atomic E-state index is -0.0186. The Balaban J connectivity index is 2.29. The van der Waals surface area contributed by atoms with Crippen LogP contribution in [-0.2, 0) is 7.05 Å². The quantitative estimate of drug-likeness (QED) is 0.637. The number of rotatable bonds is 4. The maximum Gasteiger partial charge on any atom is 0.212 e. The van der Waals surface area contributed by atoms with Crippen LogP contribution < -0.4 is 0 Å². The zero-order valence-corrected chi connectivity index (χ0v) is 12.6. The predicted molar refractivity (Wildman–Crippen MR) is 77.2 cm³/mol. The van der Waals surface area contributed by atoms with Crippen molar-refractivity contribution in [2.45, 2.75) is 11.8 Å². The molecule has 0 amide bonds. The first kappa shape index (κ1) is 13.4. The second kappa shape index (κ2) is 5.71. The molecular weight excluding hydrogens is 312 g/mol. The van der Waals surface area contributed by atoms with Crippen LogP contribution in [0.25, 0.3) is 0 Å². The van der Waals surface area contributed by atoms with Crippen molar-refractivity contribution in [3.05, 3.63) is 46.2 Å². The third-order valence-electron chi connectivity index (χ3n) is 2.54. The topological polar surface area (TPSA) is 34.9 Å². The molecule has 1 aromatic carbocycles. The summed E-state index contributed by atoms with van der Waals surface area (Å²) in [5, 5.41) is 4.05. The summed E-state index contributed by atoms with van der Waals surface area (Å²) in [6.45, 7) is 2.11. The fourth-order valence-corrected chi connectivity index (χ4v) is 2.86. The van der Waals surface area contributed by atoms with E-state index in [0.717, 1.165) is 10.2 Å². The summed E-state index contributed by atoms with van der Waals surface area (Å²) in [7, 11) is 1.76. The van der Waals surface area contributed by atoms with E-state index in [4.69, 9.17) is 0 Å². The lowest BCUT2D eigenvalue weighted by atomic mass is 10.1. The first-order valence-corrected chi connectivity index (χ1v) is 7.36. The number of ketones is 1. The Labute approximate surface area is 119 Å². The van der Waals surface area contributed by atoms with Gasteiger partial charge in [-0.3, -0.25) is 9.48 Å². The zero-order valence-electron chi connectivity index (χ0n) is 10.2. The van der Waals surface area contributed by atoms with Crippen molar-refractivity contribution in [3.63, 3.8) is 0 Å². The SMILES string of the molecule is CCSc1ccc(C(=O)c2c(Br)cnn2C)cc1. The van der Waals surface area contributed by atoms with Crippen molar-refractivity contribution in [2.75, 3.05) is 5.75 Å². The van der Waals surface area contributed by atoms with Gasteiger partial charge in [0.15, 0.2) is 0 Å². The highest BCUT2D eigenvalue weighted by molar-refractivity contribution is 9.10.